The number of carbonyl (C=O) groups is 1. The van der Waals surface area contributed by atoms with Gasteiger partial charge in [0.15, 0.2) is 11.5 Å². The Kier molecular flexibility index (Phi) is 2.68. The Hall–Kier alpha value is -2.01. The van der Waals surface area contributed by atoms with Crippen LogP contribution in [0.15, 0.2) is 29.6 Å². The Labute approximate surface area is 108 Å². The molecule has 0 saturated heterocycles. The van der Waals surface area contributed by atoms with Gasteiger partial charge in [-0.3, -0.25) is 0 Å². The summed E-state index contributed by atoms with van der Waals surface area (Å²) >= 11 is 1.37. The van der Waals surface area contributed by atoms with Crippen LogP contribution in [0.3, 0.4) is 0 Å². The summed E-state index contributed by atoms with van der Waals surface area (Å²) in [5.74, 6) is 1.38. The number of hydrogen-bond donors (Lipinski definition) is 0. The monoisotopic (exact) mass is 262 g/mol. The van der Waals surface area contributed by atoms with Gasteiger partial charge in [0.25, 0.3) is 0 Å². The van der Waals surface area contributed by atoms with Crippen LogP contribution >= 0.6 is 11.3 Å². The number of ether oxygens (including phenoxy) is 3. The predicted octanol–water partition coefficient (Wildman–Crippen LogP) is 3.00. The minimum atomic E-state index is -0.346. The van der Waals surface area contributed by atoms with E-state index in [9.17, 15) is 4.79 Å². The van der Waals surface area contributed by atoms with E-state index in [1.54, 1.807) is 18.2 Å². The summed E-state index contributed by atoms with van der Waals surface area (Å²) in [5.41, 5.74) is 0.922. The fourth-order valence-electron chi connectivity index (χ4n) is 1.68. The molecule has 0 bridgehead atoms. The van der Waals surface area contributed by atoms with Crippen molar-refractivity contribution < 1.29 is 19.0 Å². The summed E-state index contributed by atoms with van der Waals surface area (Å²) in [6, 6.07) is 6.96. The first-order valence-electron chi connectivity index (χ1n) is 5.40. The van der Waals surface area contributed by atoms with Crippen molar-refractivity contribution in [3.05, 3.63) is 40.1 Å². The highest BCUT2D eigenvalue weighted by Gasteiger charge is 2.17. The van der Waals surface area contributed by atoms with Gasteiger partial charge in [0, 0.05) is 6.07 Å². The molecule has 0 N–H and O–H groups in total. The van der Waals surface area contributed by atoms with Crippen molar-refractivity contribution in [2.24, 2.45) is 0 Å². The van der Waals surface area contributed by atoms with Crippen LogP contribution in [0.5, 0.6) is 17.2 Å². The van der Waals surface area contributed by atoms with Gasteiger partial charge in [0.1, 0.15) is 10.6 Å². The minimum absolute atomic E-state index is 0.205. The Balaban J connectivity index is 1.81. The van der Waals surface area contributed by atoms with Crippen LogP contribution in [0.4, 0.5) is 0 Å². The van der Waals surface area contributed by atoms with Crippen molar-refractivity contribution in [1.29, 1.82) is 0 Å². The van der Waals surface area contributed by atoms with E-state index in [1.807, 2.05) is 18.4 Å². The third-order valence-electron chi connectivity index (χ3n) is 2.60. The zero-order valence-corrected chi connectivity index (χ0v) is 10.5. The molecule has 1 aliphatic heterocycles. The summed E-state index contributed by atoms with van der Waals surface area (Å²) in [4.78, 5) is 12.5. The summed E-state index contributed by atoms with van der Waals surface area (Å²) in [6.07, 6.45) is 0. The molecule has 4 nitrogen and oxygen atoms in total. The normalized spacial score (nSPS) is 12.5. The van der Waals surface area contributed by atoms with Crippen molar-refractivity contribution in [2.45, 2.75) is 6.92 Å². The minimum Gasteiger partial charge on any atom is -0.454 e. The Morgan fingerprint density at radius 2 is 2.11 bits per heavy atom. The fraction of sp³-hybridized carbons (Fsp3) is 0.154. The zero-order valence-electron chi connectivity index (χ0n) is 9.64. The molecule has 1 aromatic carbocycles. The van der Waals surface area contributed by atoms with Crippen molar-refractivity contribution in [2.75, 3.05) is 6.79 Å². The molecule has 92 valence electrons. The van der Waals surface area contributed by atoms with E-state index < -0.39 is 0 Å². The average Bonchev–Trinajstić information content (AvgIpc) is 2.96. The number of aryl methyl sites for hydroxylation is 1. The maximum absolute atomic E-state index is 11.9. The fourth-order valence-corrected chi connectivity index (χ4v) is 2.48. The van der Waals surface area contributed by atoms with Crippen molar-refractivity contribution in [1.82, 2.24) is 0 Å². The first-order valence-corrected chi connectivity index (χ1v) is 6.28. The summed E-state index contributed by atoms with van der Waals surface area (Å²) in [7, 11) is 0. The molecular weight excluding hydrogens is 252 g/mol. The van der Waals surface area contributed by atoms with E-state index in [0.717, 1.165) is 5.56 Å². The quantitative estimate of drug-likeness (QED) is 0.616. The van der Waals surface area contributed by atoms with E-state index in [4.69, 9.17) is 14.2 Å². The summed E-state index contributed by atoms with van der Waals surface area (Å²) in [6.45, 7) is 2.09. The van der Waals surface area contributed by atoms with E-state index in [1.165, 1.54) is 11.3 Å². The molecule has 1 aromatic heterocycles. The summed E-state index contributed by atoms with van der Waals surface area (Å²) in [5, 5.41) is 1.87. The molecule has 2 heterocycles. The molecule has 0 saturated carbocycles. The van der Waals surface area contributed by atoms with Gasteiger partial charge < -0.3 is 14.2 Å². The third kappa shape index (κ3) is 1.93. The predicted molar refractivity (Wildman–Crippen MR) is 66.6 cm³/mol. The molecule has 0 amide bonds. The molecule has 0 fully saturated rings. The molecule has 0 aliphatic carbocycles. The average molecular weight is 262 g/mol. The molecule has 1 aliphatic rings. The number of rotatable bonds is 2. The molecule has 3 rings (SSSR count). The van der Waals surface area contributed by atoms with Crippen LogP contribution in [0.25, 0.3) is 0 Å². The first-order chi connectivity index (χ1) is 8.74. The standard InChI is InChI=1S/C13H10O4S/c1-8-4-5-18-12(8)13(14)17-9-2-3-10-11(6-9)16-7-15-10/h2-6H,7H2,1H3. The molecule has 5 heteroatoms. The van der Waals surface area contributed by atoms with Crippen LogP contribution in [0, 0.1) is 6.92 Å². The smallest absolute Gasteiger partial charge is 0.353 e. The van der Waals surface area contributed by atoms with Gasteiger partial charge in [0.2, 0.25) is 6.79 Å². The molecule has 0 spiro atoms. The van der Waals surface area contributed by atoms with Crippen LogP contribution in [0.1, 0.15) is 15.2 Å². The van der Waals surface area contributed by atoms with Crippen LogP contribution < -0.4 is 14.2 Å². The Morgan fingerprint density at radius 3 is 2.89 bits per heavy atom. The number of hydrogen-bond acceptors (Lipinski definition) is 5. The van der Waals surface area contributed by atoms with Gasteiger partial charge in [-0.1, -0.05) is 0 Å². The molecular formula is C13H10O4S. The Morgan fingerprint density at radius 1 is 1.28 bits per heavy atom. The van der Waals surface area contributed by atoms with E-state index >= 15 is 0 Å². The van der Waals surface area contributed by atoms with E-state index in [2.05, 4.69) is 0 Å². The summed E-state index contributed by atoms with van der Waals surface area (Å²) < 4.78 is 15.7. The Bertz CT molecular complexity index is 603. The molecule has 0 radical (unpaired) electrons. The largest absolute Gasteiger partial charge is 0.454 e. The van der Waals surface area contributed by atoms with Crippen LogP contribution in [-0.4, -0.2) is 12.8 Å². The lowest BCUT2D eigenvalue weighted by Crippen LogP contribution is -2.07. The van der Waals surface area contributed by atoms with Gasteiger partial charge in [-0.25, -0.2) is 4.79 Å². The van der Waals surface area contributed by atoms with Crippen LogP contribution in [-0.2, 0) is 0 Å². The number of thiophene rings is 1. The second-order valence-electron chi connectivity index (χ2n) is 3.84. The number of benzene rings is 1. The van der Waals surface area contributed by atoms with Gasteiger partial charge in [-0.05, 0) is 36.1 Å². The zero-order chi connectivity index (χ0) is 12.5. The highest BCUT2D eigenvalue weighted by molar-refractivity contribution is 7.12. The van der Waals surface area contributed by atoms with Crippen molar-refractivity contribution in [3.8, 4) is 17.2 Å². The van der Waals surface area contributed by atoms with Crippen LogP contribution in [0.2, 0.25) is 0 Å². The molecule has 0 atom stereocenters. The lowest BCUT2D eigenvalue weighted by Gasteiger charge is -2.04. The number of esters is 1. The number of fused-ring (bicyclic) bond motifs is 1. The van der Waals surface area contributed by atoms with Gasteiger partial charge in [-0.15, -0.1) is 11.3 Å². The molecule has 0 unspecified atom stereocenters. The second kappa shape index (κ2) is 4.34. The first kappa shape index (κ1) is 11.1. The lowest BCUT2D eigenvalue weighted by molar-refractivity contribution is 0.0739. The lowest BCUT2D eigenvalue weighted by atomic mass is 10.3. The molecule has 2 aromatic rings. The van der Waals surface area contributed by atoms with Gasteiger partial charge in [-0.2, -0.15) is 0 Å². The highest BCUT2D eigenvalue weighted by atomic mass is 32.1. The van der Waals surface area contributed by atoms with Gasteiger partial charge >= 0.3 is 5.97 Å². The van der Waals surface area contributed by atoms with E-state index in [0.29, 0.717) is 22.1 Å². The van der Waals surface area contributed by atoms with Gasteiger partial charge in [0.05, 0.1) is 0 Å². The van der Waals surface area contributed by atoms with Crippen molar-refractivity contribution in [3.63, 3.8) is 0 Å². The van der Waals surface area contributed by atoms with E-state index in [-0.39, 0.29) is 12.8 Å². The maximum Gasteiger partial charge on any atom is 0.353 e. The molecule has 18 heavy (non-hydrogen) atoms. The van der Waals surface area contributed by atoms with Crippen molar-refractivity contribution >= 4 is 17.3 Å². The maximum atomic E-state index is 11.9. The third-order valence-corrected chi connectivity index (χ3v) is 3.60. The highest BCUT2D eigenvalue weighted by Crippen LogP contribution is 2.35. The number of carbonyl (C=O) groups excluding carboxylic acids is 1. The topological polar surface area (TPSA) is 44.8 Å². The second-order valence-corrected chi connectivity index (χ2v) is 4.75. The SMILES string of the molecule is Cc1ccsc1C(=O)Oc1ccc2c(c1)OCO2.